The highest BCUT2D eigenvalue weighted by Gasteiger charge is 2.23. The van der Waals surface area contributed by atoms with Gasteiger partial charge in [0.05, 0.1) is 5.75 Å². The van der Waals surface area contributed by atoms with Gasteiger partial charge in [-0.05, 0) is 18.9 Å². The van der Waals surface area contributed by atoms with Crippen molar-refractivity contribution in [1.29, 1.82) is 0 Å². The van der Waals surface area contributed by atoms with Crippen LogP contribution in [-0.4, -0.2) is 40.6 Å². The number of hydrogen-bond acceptors (Lipinski definition) is 5. The average Bonchev–Trinajstić information content (AvgIpc) is 2.80. The number of aryl methyl sites for hydroxylation is 1. The van der Waals surface area contributed by atoms with Crippen LogP contribution in [0, 0.1) is 6.92 Å². The smallest absolute Gasteiger partial charge is 0.249 e. The Balaban J connectivity index is 2.45. The second-order valence-electron chi connectivity index (χ2n) is 4.58. The molecule has 0 saturated carbocycles. The normalized spacial score (nSPS) is 11.8. The molecule has 0 atom stereocenters. The van der Waals surface area contributed by atoms with Gasteiger partial charge in [0.25, 0.3) is 0 Å². The quantitative estimate of drug-likeness (QED) is 0.887. The third-order valence-electron chi connectivity index (χ3n) is 3.07. The number of aliphatic hydroxyl groups is 1. The lowest BCUT2D eigenvalue weighted by molar-refractivity contribution is 0.295. The van der Waals surface area contributed by atoms with Crippen molar-refractivity contribution in [2.75, 3.05) is 12.4 Å². The largest absolute Gasteiger partial charge is 0.396 e. The Kier molecular flexibility index (Phi) is 4.20. The summed E-state index contributed by atoms with van der Waals surface area (Å²) in [5.41, 5.74) is 1.86. The molecule has 0 bridgehead atoms. The minimum absolute atomic E-state index is 0.0656. The molecule has 0 spiro atoms. The SMILES string of the molecule is Cc1ccccc1-c1nnc(S(=O)(=O)CCCO)n1C. The second kappa shape index (κ2) is 5.72. The Morgan fingerprint density at radius 1 is 1.25 bits per heavy atom. The molecule has 0 saturated heterocycles. The predicted molar refractivity (Wildman–Crippen MR) is 74.9 cm³/mol. The van der Waals surface area contributed by atoms with Crippen LogP contribution in [-0.2, 0) is 16.9 Å². The van der Waals surface area contributed by atoms with Gasteiger partial charge >= 0.3 is 0 Å². The molecule has 1 N–H and O–H groups in total. The molecular formula is C13H17N3O3S. The van der Waals surface area contributed by atoms with Gasteiger partial charge in [-0.1, -0.05) is 24.3 Å². The Morgan fingerprint density at radius 3 is 2.60 bits per heavy atom. The molecule has 7 heteroatoms. The lowest BCUT2D eigenvalue weighted by Gasteiger charge is -2.06. The van der Waals surface area contributed by atoms with Crippen molar-refractivity contribution in [3.8, 4) is 11.4 Å². The van der Waals surface area contributed by atoms with Gasteiger partial charge in [0.1, 0.15) is 0 Å². The molecule has 0 aliphatic carbocycles. The van der Waals surface area contributed by atoms with Crippen molar-refractivity contribution in [3.05, 3.63) is 29.8 Å². The minimum Gasteiger partial charge on any atom is -0.396 e. The van der Waals surface area contributed by atoms with E-state index in [0.29, 0.717) is 5.82 Å². The number of nitrogens with zero attached hydrogens (tertiary/aromatic N) is 3. The minimum atomic E-state index is -3.52. The van der Waals surface area contributed by atoms with E-state index in [2.05, 4.69) is 10.2 Å². The maximum absolute atomic E-state index is 12.1. The number of benzene rings is 1. The number of sulfone groups is 1. The number of hydrogen-bond donors (Lipinski definition) is 1. The van der Waals surface area contributed by atoms with Crippen LogP contribution < -0.4 is 0 Å². The van der Waals surface area contributed by atoms with Gasteiger partial charge in [0.2, 0.25) is 15.0 Å². The van der Waals surface area contributed by atoms with Crippen LogP contribution in [0.15, 0.2) is 29.4 Å². The first-order valence-corrected chi connectivity index (χ1v) is 7.91. The molecule has 108 valence electrons. The van der Waals surface area contributed by atoms with E-state index >= 15 is 0 Å². The lowest BCUT2D eigenvalue weighted by Crippen LogP contribution is -2.13. The summed E-state index contributed by atoms with van der Waals surface area (Å²) in [5.74, 6) is 0.383. The van der Waals surface area contributed by atoms with Crippen molar-refractivity contribution in [2.24, 2.45) is 7.05 Å². The van der Waals surface area contributed by atoms with Crippen LogP contribution in [0.4, 0.5) is 0 Å². The zero-order valence-electron chi connectivity index (χ0n) is 11.4. The average molecular weight is 295 g/mol. The molecule has 1 heterocycles. The highest BCUT2D eigenvalue weighted by atomic mass is 32.2. The summed E-state index contributed by atoms with van der Waals surface area (Å²) in [4.78, 5) is 0. The summed E-state index contributed by atoms with van der Waals surface area (Å²) in [5, 5.41) is 16.5. The first-order chi connectivity index (χ1) is 9.47. The van der Waals surface area contributed by atoms with Crippen molar-refractivity contribution >= 4 is 9.84 Å². The number of aromatic nitrogens is 3. The van der Waals surface area contributed by atoms with E-state index in [9.17, 15) is 8.42 Å². The van der Waals surface area contributed by atoms with E-state index in [4.69, 9.17) is 5.11 Å². The molecule has 0 amide bonds. The van der Waals surface area contributed by atoms with Gasteiger partial charge in [-0.25, -0.2) is 8.42 Å². The highest BCUT2D eigenvalue weighted by molar-refractivity contribution is 7.91. The topological polar surface area (TPSA) is 85.1 Å². The Morgan fingerprint density at radius 2 is 1.95 bits per heavy atom. The molecule has 20 heavy (non-hydrogen) atoms. The molecule has 6 nitrogen and oxygen atoms in total. The summed E-state index contributed by atoms with van der Waals surface area (Å²) >= 11 is 0. The molecule has 1 aromatic heterocycles. The Hall–Kier alpha value is -1.73. The molecule has 0 aliphatic heterocycles. The molecule has 0 unspecified atom stereocenters. The maximum Gasteiger partial charge on any atom is 0.249 e. The monoisotopic (exact) mass is 295 g/mol. The van der Waals surface area contributed by atoms with E-state index in [1.54, 1.807) is 7.05 Å². The second-order valence-corrected chi connectivity index (χ2v) is 6.58. The van der Waals surface area contributed by atoms with Crippen molar-refractivity contribution < 1.29 is 13.5 Å². The van der Waals surface area contributed by atoms with Gasteiger partial charge in [0, 0.05) is 19.2 Å². The van der Waals surface area contributed by atoms with E-state index in [-0.39, 0.29) is 23.9 Å². The zero-order valence-corrected chi connectivity index (χ0v) is 12.3. The predicted octanol–water partition coefficient (Wildman–Crippen LogP) is 0.947. The lowest BCUT2D eigenvalue weighted by atomic mass is 10.1. The highest BCUT2D eigenvalue weighted by Crippen LogP contribution is 2.23. The summed E-state index contributed by atoms with van der Waals surface area (Å²) in [6.45, 7) is 1.77. The maximum atomic E-state index is 12.1. The van der Waals surface area contributed by atoms with Crippen molar-refractivity contribution in [1.82, 2.24) is 14.8 Å². The van der Waals surface area contributed by atoms with Gasteiger partial charge in [-0.3, -0.25) is 0 Å². The molecule has 2 rings (SSSR count). The first-order valence-electron chi connectivity index (χ1n) is 6.26. The fourth-order valence-electron chi connectivity index (χ4n) is 1.99. The van der Waals surface area contributed by atoms with Crippen molar-refractivity contribution in [2.45, 2.75) is 18.5 Å². The third-order valence-corrected chi connectivity index (χ3v) is 4.81. The summed E-state index contributed by atoms with van der Waals surface area (Å²) < 4.78 is 25.7. The van der Waals surface area contributed by atoms with Crippen LogP contribution in [0.25, 0.3) is 11.4 Å². The summed E-state index contributed by atoms with van der Waals surface area (Å²) in [6, 6.07) is 7.60. The molecule has 0 fully saturated rings. The standard InChI is InChI=1S/C13H17N3O3S/c1-10-6-3-4-7-11(10)12-14-15-13(16(12)2)20(18,19)9-5-8-17/h3-4,6-7,17H,5,8-9H2,1-2H3. The number of rotatable bonds is 5. The van der Waals surface area contributed by atoms with Gasteiger partial charge in [-0.15, -0.1) is 10.2 Å². The fourth-order valence-corrected chi connectivity index (χ4v) is 3.35. The van der Waals surface area contributed by atoms with Crippen LogP contribution in [0.3, 0.4) is 0 Å². The summed E-state index contributed by atoms with van der Waals surface area (Å²) in [7, 11) is -1.89. The van der Waals surface area contributed by atoms with Gasteiger partial charge in [0.15, 0.2) is 5.82 Å². The molecular weight excluding hydrogens is 278 g/mol. The van der Waals surface area contributed by atoms with Gasteiger partial charge in [-0.2, -0.15) is 0 Å². The Bertz CT molecular complexity index is 707. The van der Waals surface area contributed by atoms with E-state index in [0.717, 1.165) is 11.1 Å². The zero-order chi connectivity index (χ0) is 14.8. The van der Waals surface area contributed by atoms with Crippen molar-refractivity contribution in [3.63, 3.8) is 0 Å². The first kappa shape index (κ1) is 14.7. The number of aliphatic hydroxyl groups excluding tert-OH is 1. The van der Waals surface area contributed by atoms with Crippen LogP contribution >= 0.6 is 0 Å². The van der Waals surface area contributed by atoms with E-state index < -0.39 is 9.84 Å². The fraction of sp³-hybridized carbons (Fsp3) is 0.385. The molecule has 0 radical (unpaired) electrons. The Labute approximate surface area is 118 Å². The van der Waals surface area contributed by atoms with Crippen LogP contribution in [0.5, 0.6) is 0 Å². The van der Waals surface area contributed by atoms with Crippen LogP contribution in [0.2, 0.25) is 0 Å². The van der Waals surface area contributed by atoms with E-state index in [1.807, 2.05) is 31.2 Å². The molecule has 0 aliphatic rings. The molecule has 1 aromatic carbocycles. The van der Waals surface area contributed by atoms with E-state index in [1.165, 1.54) is 4.57 Å². The summed E-state index contributed by atoms with van der Waals surface area (Å²) in [6.07, 6.45) is 0.189. The van der Waals surface area contributed by atoms with Crippen LogP contribution in [0.1, 0.15) is 12.0 Å². The third kappa shape index (κ3) is 2.73. The van der Waals surface area contributed by atoms with Gasteiger partial charge < -0.3 is 9.67 Å². The molecule has 2 aromatic rings.